The van der Waals surface area contributed by atoms with Crippen molar-refractivity contribution in [1.29, 1.82) is 0 Å². The first kappa shape index (κ1) is 14.1. The van der Waals surface area contributed by atoms with E-state index in [1.165, 1.54) is 6.07 Å². The molecule has 0 radical (unpaired) electrons. The highest BCUT2D eigenvalue weighted by Crippen LogP contribution is 2.23. The van der Waals surface area contributed by atoms with Gasteiger partial charge in [-0.3, -0.25) is 5.84 Å². The van der Waals surface area contributed by atoms with Crippen LogP contribution in [0.15, 0.2) is 34.7 Å². The smallest absolute Gasteiger partial charge is 0.142 e. The monoisotopic (exact) mass is 282 g/mol. The molecule has 19 heavy (non-hydrogen) atoms. The Labute approximate surface area is 116 Å². The summed E-state index contributed by atoms with van der Waals surface area (Å²) in [4.78, 5) is 0. The summed E-state index contributed by atoms with van der Waals surface area (Å²) >= 11 is 5.66. The molecule has 3 N–H and O–H groups in total. The van der Waals surface area contributed by atoms with Crippen LogP contribution in [0, 0.1) is 5.82 Å². The highest BCUT2D eigenvalue weighted by Gasteiger charge is 2.15. The summed E-state index contributed by atoms with van der Waals surface area (Å²) in [5, 5.41) is 0.118. The number of nitrogens with two attached hydrogens (primary N) is 1. The topological polar surface area (TPSA) is 51.2 Å². The average molecular weight is 283 g/mol. The maximum absolute atomic E-state index is 13.4. The molecule has 1 aromatic heterocycles. The largest absolute Gasteiger partial charge is 0.464 e. The highest BCUT2D eigenvalue weighted by molar-refractivity contribution is 6.30. The number of hydrogen-bond donors (Lipinski definition) is 2. The molecule has 1 atom stereocenters. The van der Waals surface area contributed by atoms with E-state index in [4.69, 9.17) is 21.9 Å². The zero-order valence-electron chi connectivity index (χ0n) is 10.6. The Morgan fingerprint density at radius 2 is 2.16 bits per heavy atom. The molecule has 102 valence electrons. The molecule has 2 rings (SSSR count). The molecule has 0 aliphatic rings. The molecule has 0 spiro atoms. The molecule has 0 saturated carbocycles. The third-order valence-electron chi connectivity index (χ3n) is 3.00. The lowest BCUT2D eigenvalue weighted by Crippen LogP contribution is -2.29. The van der Waals surface area contributed by atoms with Gasteiger partial charge < -0.3 is 4.42 Å². The van der Waals surface area contributed by atoms with E-state index in [2.05, 4.69) is 5.43 Å². The molecule has 5 heteroatoms. The number of furan rings is 1. The Morgan fingerprint density at radius 1 is 1.37 bits per heavy atom. The summed E-state index contributed by atoms with van der Waals surface area (Å²) in [7, 11) is 0. The lowest BCUT2D eigenvalue weighted by atomic mass is 10.0. The third-order valence-corrected chi connectivity index (χ3v) is 3.31. The summed E-state index contributed by atoms with van der Waals surface area (Å²) < 4.78 is 19.0. The standard InChI is InChI=1S/C14H16ClFN2O/c1-2-10-4-6-14(19-10)13(18-17)8-9-3-5-11(15)12(16)7-9/h3-7,13,18H,2,8,17H2,1H3. The van der Waals surface area contributed by atoms with Gasteiger partial charge in [0.2, 0.25) is 0 Å². The van der Waals surface area contributed by atoms with Crippen LogP contribution in [0.2, 0.25) is 5.02 Å². The molecule has 0 fully saturated rings. The maximum Gasteiger partial charge on any atom is 0.142 e. The van der Waals surface area contributed by atoms with Gasteiger partial charge in [-0.25, -0.2) is 9.82 Å². The minimum absolute atomic E-state index is 0.118. The van der Waals surface area contributed by atoms with Crippen molar-refractivity contribution >= 4 is 11.6 Å². The fraction of sp³-hybridized carbons (Fsp3) is 0.286. The summed E-state index contributed by atoms with van der Waals surface area (Å²) in [6.45, 7) is 2.02. The Bertz CT molecular complexity index is 556. The van der Waals surface area contributed by atoms with Crippen LogP contribution in [0.5, 0.6) is 0 Å². The lowest BCUT2D eigenvalue weighted by Gasteiger charge is -2.13. The van der Waals surface area contributed by atoms with Gasteiger partial charge in [0.1, 0.15) is 17.3 Å². The van der Waals surface area contributed by atoms with Crippen molar-refractivity contribution in [2.24, 2.45) is 5.84 Å². The van der Waals surface area contributed by atoms with Gasteiger partial charge in [0.05, 0.1) is 11.1 Å². The minimum Gasteiger partial charge on any atom is -0.464 e. The second kappa shape index (κ2) is 6.19. The van der Waals surface area contributed by atoms with Gasteiger partial charge in [-0.1, -0.05) is 24.6 Å². The van der Waals surface area contributed by atoms with Crippen molar-refractivity contribution in [1.82, 2.24) is 5.43 Å². The van der Waals surface area contributed by atoms with Gasteiger partial charge in [0.25, 0.3) is 0 Å². The van der Waals surface area contributed by atoms with E-state index < -0.39 is 5.82 Å². The molecule has 1 heterocycles. The molecule has 3 nitrogen and oxygen atoms in total. The third kappa shape index (κ3) is 3.35. The van der Waals surface area contributed by atoms with E-state index in [0.717, 1.165) is 23.5 Å². The van der Waals surface area contributed by atoms with Crippen molar-refractivity contribution in [2.45, 2.75) is 25.8 Å². The first-order valence-corrected chi connectivity index (χ1v) is 6.50. The predicted molar refractivity (Wildman–Crippen MR) is 73.3 cm³/mol. The van der Waals surface area contributed by atoms with Crippen LogP contribution >= 0.6 is 11.6 Å². The number of hydrazine groups is 1. The first-order valence-electron chi connectivity index (χ1n) is 6.12. The molecular weight excluding hydrogens is 267 g/mol. The van der Waals surface area contributed by atoms with Gasteiger partial charge in [-0.05, 0) is 36.2 Å². The SMILES string of the molecule is CCc1ccc(C(Cc2ccc(Cl)c(F)c2)NN)o1. The van der Waals surface area contributed by atoms with Crippen molar-refractivity contribution < 1.29 is 8.81 Å². The van der Waals surface area contributed by atoms with Gasteiger partial charge >= 0.3 is 0 Å². The zero-order valence-corrected chi connectivity index (χ0v) is 11.4. The number of nitrogens with one attached hydrogen (secondary N) is 1. The summed E-state index contributed by atoms with van der Waals surface area (Å²) in [5.74, 6) is 6.76. The lowest BCUT2D eigenvalue weighted by molar-refractivity contribution is 0.396. The second-order valence-corrected chi connectivity index (χ2v) is 4.74. The number of aryl methyl sites for hydroxylation is 1. The molecule has 0 aliphatic carbocycles. The van der Waals surface area contributed by atoms with Crippen LogP contribution in [0.3, 0.4) is 0 Å². The van der Waals surface area contributed by atoms with E-state index in [-0.39, 0.29) is 11.1 Å². The number of benzene rings is 1. The molecule has 2 aromatic rings. The number of halogens is 2. The minimum atomic E-state index is -0.427. The quantitative estimate of drug-likeness (QED) is 0.653. The average Bonchev–Trinajstić information content (AvgIpc) is 2.88. The van der Waals surface area contributed by atoms with Crippen LogP contribution in [-0.2, 0) is 12.8 Å². The fourth-order valence-electron chi connectivity index (χ4n) is 1.92. The van der Waals surface area contributed by atoms with Crippen LogP contribution < -0.4 is 11.3 Å². The summed E-state index contributed by atoms with van der Waals surface area (Å²) in [6, 6.07) is 8.34. The molecule has 1 aromatic carbocycles. The fourth-order valence-corrected chi connectivity index (χ4v) is 2.03. The molecular formula is C14H16ClFN2O. The van der Waals surface area contributed by atoms with Crippen molar-refractivity contribution in [2.75, 3.05) is 0 Å². The van der Waals surface area contributed by atoms with Crippen LogP contribution in [-0.4, -0.2) is 0 Å². The van der Waals surface area contributed by atoms with E-state index in [0.29, 0.717) is 6.42 Å². The van der Waals surface area contributed by atoms with Gasteiger partial charge in [0.15, 0.2) is 0 Å². The van der Waals surface area contributed by atoms with Gasteiger partial charge in [0, 0.05) is 6.42 Å². The summed E-state index contributed by atoms with van der Waals surface area (Å²) in [6.07, 6.45) is 1.36. The van der Waals surface area contributed by atoms with Crippen molar-refractivity contribution in [3.8, 4) is 0 Å². The highest BCUT2D eigenvalue weighted by atomic mass is 35.5. The Hall–Kier alpha value is -1.36. The van der Waals surface area contributed by atoms with Crippen LogP contribution in [0.1, 0.15) is 30.0 Å². The molecule has 0 saturated heterocycles. The number of hydrogen-bond acceptors (Lipinski definition) is 3. The van der Waals surface area contributed by atoms with Crippen LogP contribution in [0.25, 0.3) is 0 Å². The molecule has 1 unspecified atom stereocenters. The van der Waals surface area contributed by atoms with Crippen LogP contribution in [0.4, 0.5) is 4.39 Å². The number of rotatable bonds is 5. The predicted octanol–water partition coefficient (Wildman–Crippen LogP) is 3.38. The Kier molecular flexibility index (Phi) is 4.58. The van der Waals surface area contributed by atoms with Gasteiger partial charge in [-0.15, -0.1) is 0 Å². The Morgan fingerprint density at radius 3 is 2.74 bits per heavy atom. The molecule has 0 amide bonds. The zero-order chi connectivity index (χ0) is 13.8. The van der Waals surface area contributed by atoms with Crippen molar-refractivity contribution in [3.05, 3.63) is 58.3 Å². The molecule has 0 bridgehead atoms. The first-order chi connectivity index (χ1) is 9.13. The Balaban J connectivity index is 2.16. The maximum atomic E-state index is 13.4. The normalized spacial score (nSPS) is 12.6. The van der Waals surface area contributed by atoms with E-state index in [1.807, 2.05) is 19.1 Å². The van der Waals surface area contributed by atoms with E-state index >= 15 is 0 Å². The van der Waals surface area contributed by atoms with E-state index in [9.17, 15) is 4.39 Å². The van der Waals surface area contributed by atoms with Gasteiger partial charge in [-0.2, -0.15) is 0 Å². The summed E-state index contributed by atoms with van der Waals surface area (Å²) in [5.41, 5.74) is 3.49. The van der Waals surface area contributed by atoms with E-state index in [1.54, 1.807) is 12.1 Å². The van der Waals surface area contributed by atoms with Crippen molar-refractivity contribution in [3.63, 3.8) is 0 Å². The molecule has 0 aliphatic heterocycles. The second-order valence-electron chi connectivity index (χ2n) is 4.33.